The Balaban J connectivity index is 1.88. The minimum absolute atomic E-state index is 0.133. The molecule has 0 atom stereocenters. The van der Waals surface area contributed by atoms with E-state index < -0.39 is 0 Å². The van der Waals surface area contributed by atoms with E-state index in [1.54, 1.807) is 23.1 Å². The van der Waals surface area contributed by atoms with Crippen molar-refractivity contribution < 1.29 is 5.11 Å². The lowest BCUT2D eigenvalue weighted by atomic mass is 10.2. The third-order valence-corrected chi connectivity index (χ3v) is 2.63. The van der Waals surface area contributed by atoms with Crippen molar-refractivity contribution in [2.24, 2.45) is 0 Å². The summed E-state index contributed by atoms with van der Waals surface area (Å²) >= 11 is 0. The molecule has 5 heteroatoms. The van der Waals surface area contributed by atoms with Gasteiger partial charge in [-0.2, -0.15) is 5.10 Å². The van der Waals surface area contributed by atoms with Gasteiger partial charge in [-0.3, -0.25) is 4.98 Å². The lowest BCUT2D eigenvalue weighted by Crippen LogP contribution is -1.96. The Hall–Kier alpha value is -2.82. The molecule has 2 heterocycles. The lowest BCUT2D eigenvalue weighted by molar-refractivity contribution is 0.473. The van der Waals surface area contributed by atoms with Gasteiger partial charge in [0.05, 0.1) is 23.8 Å². The first-order chi connectivity index (χ1) is 9.31. The summed E-state index contributed by atoms with van der Waals surface area (Å²) < 4.78 is 1.78. The monoisotopic (exact) mass is 252 g/mol. The first-order valence-electron chi connectivity index (χ1n) is 5.82. The Morgan fingerprint density at radius 2 is 2.00 bits per heavy atom. The second-order valence-corrected chi connectivity index (χ2v) is 4.06. The van der Waals surface area contributed by atoms with Crippen LogP contribution in [0, 0.1) is 0 Å². The van der Waals surface area contributed by atoms with E-state index in [-0.39, 0.29) is 5.75 Å². The van der Waals surface area contributed by atoms with Crippen molar-refractivity contribution in [3.8, 4) is 11.4 Å². The zero-order valence-electron chi connectivity index (χ0n) is 10.1. The summed E-state index contributed by atoms with van der Waals surface area (Å²) in [7, 11) is 0. The first-order valence-corrected chi connectivity index (χ1v) is 5.82. The van der Waals surface area contributed by atoms with Gasteiger partial charge in [0.15, 0.2) is 0 Å². The fraction of sp³-hybridized carbons (Fsp3) is 0. The number of aromatic nitrogens is 3. The molecule has 3 aromatic rings. The molecule has 0 aliphatic heterocycles. The Morgan fingerprint density at radius 3 is 2.79 bits per heavy atom. The van der Waals surface area contributed by atoms with Crippen molar-refractivity contribution in [3.63, 3.8) is 0 Å². The molecule has 1 aromatic carbocycles. The Labute approximate surface area is 110 Å². The van der Waals surface area contributed by atoms with E-state index in [1.807, 2.05) is 36.5 Å². The van der Waals surface area contributed by atoms with Gasteiger partial charge in [-0.25, -0.2) is 4.68 Å². The van der Waals surface area contributed by atoms with E-state index in [4.69, 9.17) is 0 Å². The fourth-order valence-electron chi connectivity index (χ4n) is 1.81. The molecule has 0 saturated heterocycles. The molecule has 0 radical (unpaired) electrons. The van der Waals surface area contributed by atoms with Gasteiger partial charge in [-0.1, -0.05) is 6.07 Å². The average molecular weight is 252 g/mol. The molecular weight excluding hydrogens is 240 g/mol. The zero-order valence-corrected chi connectivity index (χ0v) is 10.1. The van der Waals surface area contributed by atoms with Crippen LogP contribution in [0.4, 0.5) is 11.4 Å². The summed E-state index contributed by atoms with van der Waals surface area (Å²) in [5.41, 5.74) is 2.60. The van der Waals surface area contributed by atoms with Crippen molar-refractivity contribution >= 4 is 11.4 Å². The maximum absolute atomic E-state index is 9.38. The predicted octanol–water partition coefficient (Wildman–Crippen LogP) is 2.72. The van der Waals surface area contributed by atoms with Crippen LogP contribution in [0.1, 0.15) is 0 Å². The van der Waals surface area contributed by atoms with Gasteiger partial charge in [0.2, 0.25) is 0 Å². The third-order valence-electron chi connectivity index (χ3n) is 2.63. The number of hydrogen-bond acceptors (Lipinski definition) is 4. The highest BCUT2D eigenvalue weighted by atomic mass is 16.3. The van der Waals surface area contributed by atoms with Crippen molar-refractivity contribution in [1.82, 2.24) is 14.8 Å². The van der Waals surface area contributed by atoms with Crippen LogP contribution < -0.4 is 5.32 Å². The number of nitrogens with one attached hydrogen (secondary N) is 1. The number of benzene rings is 1. The molecular formula is C14H12N4O. The molecule has 0 bridgehead atoms. The van der Waals surface area contributed by atoms with Crippen LogP contribution in [0.5, 0.6) is 5.75 Å². The van der Waals surface area contributed by atoms with Crippen LogP contribution in [0.15, 0.2) is 61.2 Å². The highest BCUT2D eigenvalue weighted by Gasteiger charge is 2.00. The van der Waals surface area contributed by atoms with Crippen LogP contribution in [0.25, 0.3) is 5.69 Å². The van der Waals surface area contributed by atoms with Gasteiger partial charge < -0.3 is 10.4 Å². The third kappa shape index (κ3) is 2.55. The highest BCUT2D eigenvalue weighted by molar-refractivity contribution is 5.62. The summed E-state index contributed by atoms with van der Waals surface area (Å²) in [5, 5.41) is 16.7. The average Bonchev–Trinajstić information content (AvgIpc) is 2.93. The second kappa shape index (κ2) is 4.81. The zero-order chi connectivity index (χ0) is 13.1. The SMILES string of the molecule is Oc1cncc(Nc2cccc(-n3cccn3)c2)c1. The second-order valence-electron chi connectivity index (χ2n) is 4.06. The molecule has 0 saturated carbocycles. The number of nitrogens with zero attached hydrogens (tertiary/aromatic N) is 3. The normalized spacial score (nSPS) is 10.3. The van der Waals surface area contributed by atoms with E-state index in [2.05, 4.69) is 15.4 Å². The van der Waals surface area contributed by atoms with Crippen LogP contribution in [-0.2, 0) is 0 Å². The van der Waals surface area contributed by atoms with Gasteiger partial charge in [0.25, 0.3) is 0 Å². The van der Waals surface area contributed by atoms with Gasteiger partial charge in [-0.05, 0) is 24.3 Å². The van der Waals surface area contributed by atoms with E-state index in [0.29, 0.717) is 0 Å². The Bertz CT molecular complexity index is 679. The summed E-state index contributed by atoms with van der Waals surface area (Å²) in [4.78, 5) is 3.92. The van der Waals surface area contributed by atoms with Crippen LogP contribution in [-0.4, -0.2) is 19.9 Å². The quantitative estimate of drug-likeness (QED) is 0.752. The standard InChI is InChI=1S/C14H12N4O/c19-14-8-12(9-15-10-14)17-11-3-1-4-13(7-11)18-6-2-5-16-18/h1-10,17,19H. The molecule has 0 aliphatic rings. The molecule has 0 spiro atoms. The molecule has 0 aliphatic carbocycles. The summed E-state index contributed by atoms with van der Waals surface area (Å²) in [6.45, 7) is 0. The van der Waals surface area contributed by atoms with Crippen molar-refractivity contribution in [2.45, 2.75) is 0 Å². The number of hydrogen-bond donors (Lipinski definition) is 2. The van der Waals surface area contributed by atoms with Gasteiger partial charge >= 0.3 is 0 Å². The van der Waals surface area contributed by atoms with Gasteiger partial charge in [0.1, 0.15) is 5.75 Å². The van der Waals surface area contributed by atoms with Gasteiger partial charge in [0, 0.05) is 24.1 Å². The molecule has 0 unspecified atom stereocenters. The molecule has 2 aromatic heterocycles. The van der Waals surface area contributed by atoms with E-state index in [9.17, 15) is 5.11 Å². The summed E-state index contributed by atoms with van der Waals surface area (Å²) in [5.74, 6) is 0.133. The highest BCUT2D eigenvalue weighted by Crippen LogP contribution is 2.21. The minimum Gasteiger partial charge on any atom is -0.506 e. The van der Waals surface area contributed by atoms with Crippen molar-refractivity contribution in [1.29, 1.82) is 0 Å². The molecule has 94 valence electrons. The minimum atomic E-state index is 0.133. The molecule has 19 heavy (non-hydrogen) atoms. The van der Waals surface area contributed by atoms with E-state index >= 15 is 0 Å². The van der Waals surface area contributed by atoms with Gasteiger partial charge in [-0.15, -0.1) is 0 Å². The molecule has 2 N–H and O–H groups in total. The fourth-order valence-corrected chi connectivity index (χ4v) is 1.81. The smallest absolute Gasteiger partial charge is 0.135 e. The Morgan fingerprint density at radius 1 is 1.05 bits per heavy atom. The topological polar surface area (TPSA) is 63.0 Å². The largest absolute Gasteiger partial charge is 0.506 e. The summed E-state index contributed by atoms with van der Waals surface area (Å²) in [6, 6.07) is 11.3. The maximum atomic E-state index is 9.38. The number of aromatic hydroxyl groups is 1. The van der Waals surface area contributed by atoms with Crippen LogP contribution in [0.2, 0.25) is 0 Å². The van der Waals surface area contributed by atoms with Crippen molar-refractivity contribution in [3.05, 3.63) is 61.2 Å². The van der Waals surface area contributed by atoms with Crippen LogP contribution in [0.3, 0.4) is 0 Å². The number of anilines is 2. The molecule has 5 nitrogen and oxygen atoms in total. The Kier molecular flexibility index (Phi) is 2.86. The van der Waals surface area contributed by atoms with E-state index in [0.717, 1.165) is 17.1 Å². The predicted molar refractivity (Wildman–Crippen MR) is 72.7 cm³/mol. The van der Waals surface area contributed by atoms with Crippen molar-refractivity contribution in [2.75, 3.05) is 5.32 Å². The lowest BCUT2D eigenvalue weighted by Gasteiger charge is -2.08. The van der Waals surface area contributed by atoms with E-state index in [1.165, 1.54) is 6.20 Å². The number of pyridine rings is 1. The molecule has 3 rings (SSSR count). The first kappa shape index (κ1) is 11.3. The molecule has 0 amide bonds. The number of rotatable bonds is 3. The molecule has 0 fully saturated rings. The van der Waals surface area contributed by atoms with Crippen LogP contribution >= 0.6 is 0 Å². The maximum Gasteiger partial charge on any atom is 0.135 e. The summed E-state index contributed by atoms with van der Waals surface area (Å²) in [6.07, 6.45) is 6.67.